The molecule has 0 N–H and O–H groups in total. The van der Waals surface area contributed by atoms with E-state index in [9.17, 15) is 0 Å². The summed E-state index contributed by atoms with van der Waals surface area (Å²) in [4.78, 5) is 0. The molecule has 0 aromatic heterocycles. The van der Waals surface area contributed by atoms with Crippen molar-refractivity contribution in [3.8, 4) is 22.3 Å². The van der Waals surface area contributed by atoms with E-state index in [0.717, 1.165) is 4.47 Å². The molecule has 0 fully saturated rings. The molecule has 1 radical (unpaired) electrons. The number of rotatable bonds is 3. The van der Waals surface area contributed by atoms with Gasteiger partial charge < -0.3 is 0 Å². The van der Waals surface area contributed by atoms with E-state index < -0.39 is 0 Å². The summed E-state index contributed by atoms with van der Waals surface area (Å²) in [5, 5.41) is 5.12. The molecular weight excluding hydrogens is 415 g/mol. The molecule has 0 saturated heterocycles. The maximum Gasteiger partial charge on any atom is 0.148 e. The second-order valence-electron chi connectivity index (χ2n) is 7.27. The summed E-state index contributed by atoms with van der Waals surface area (Å²) in [7, 11) is 2.17. The van der Waals surface area contributed by atoms with Crippen LogP contribution in [-0.4, -0.2) is 7.28 Å². The highest BCUT2D eigenvalue weighted by atomic mass is 79.9. The van der Waals surface area contributed by atoms with Crippen molar-refractivity contribution in [2.75, 3.05) is 0 Å². The van der Waals surface area contributed by atoms with E-state index in [4.69, 9.17) is 0 Å². The van der Waals surface area contributed by atoms with Crippen LogP contribution < -0.4 is 5.46 Å². The van der Waals surface area contributed by atoms with Crippen molar-refractivity contribution >= 4 is 50.2 Å². The summed E-state index contributed by atoms with van der Waals surface area (Å²) in [6, 6.07) is 34.9. The van der Waals surface area contributed by atoms with E-state index in [1.54, 1.807) is 0 Å². The second-order valence-corrected chi connectivity index (χ2v) is 8.18. The Labute approximate surface area is 180 Å². The molecule has 0 heterocycles. The third-order valence-electron chi connectivity index (χ3n) is 5.56. The van der Waals surface area contributed by atoms with Crippen molar-refractivity contribution in [3.63, 3.8) is 0 Å². The largest absolute Gasteiger partial charge is 0.148 e. The SMILES string of the molecule is C[B]c1ccc2c(-c3ccccc3)c3cc(Br)ccc3c(-c3ccccc3)c2c1. The van der Waals surface area contributed by atoms with E-state index >= 15 is 0 Å². The lowest BCUT2D eigenvalue weighted by atomic mass is 9.72. The van der Waals surface area contributed by atoms with Gasteiger partial charge in [0, 0.05) is 4.47 Å². The minimum atomic E-state index is 1.10. The Morgan fingerprint density at radius 2 is 1.07 bits per heavy atom. The predicted octanol–water partition coefficient (Wildman–Crippen LogP) is 7.47. The lowest BCUT2D eigenvalue weighted by Crippen LogP contribution is -2.09. The van der Waals surface area contributed by atoms with Crippen LogP contribution in [-0.2, 0) is 0 Å². The zero-order valence-electron chi connectivity index (χ0n) is 16.2. The molecule has 5 aromatic rings. The Morgan fingerprint density at radius 3 is 1.62 bits per heavy atom. The Hall–Kier alpha value is -2.84. The van der Waals surface area contributed by atoms with Gasteiger partial charge in [0.1, 0.15) is 7.28 Å². The summed E-state index contributed by atoms with van der Waals surface area (Å²) in [6.07, 6.45) is 0. The van der Waals surface area contributed by atoms with Crippen LogP contribution in [0.2, 0.25) is 6.82 Å². The number of hydrogen-bond acceptors (Lipinski definition) is 0. The molecule has 0 nitrogen and oxygen atoms in total. The molecule has 2 heteroatoms. The number of halogens is 1. The van der Waals surface area contributed by atoms with Gasteiger partial charge in [-0.2, -0.15) is 0 Å². The lowest BCUT2D eigenvalue weighted by Gasteiger charge is -2.18. The van der Waals surface area contributed by atoms with Crippen LogP contribution in [0.3, 0.4) is 0 Å². The van der Waals surface area contributed by atoms with Crippen molar-refractivity contribution in [1.29, 1.82) is 0 Å². The Morgan fingerprint density at radius 1 is 0.552 bits per heavy atom. The van der Waals surface area contributed by atoms with Gasteiger partial charge in [-0.3, -0.25) is 0 Å². The van der Waals surface area contributed by atoms with E-state index in [0.29, 0.717) is 0 Å². The first-order valence-corrected chi connectivity index (χ1v) is 10.6. The molecule has 0 aliphatic carbocycles. The maximum absolute atomic E-state index is 3.70. The van der Waals surface area contributed by atoms with Gasteiger partial charge in [0.25, 0.3) is 0 Å². The fourth-order valence-corrected chi connectivity index (χ4v) is 4.59. The summed E-state index contributed by atoms with van der Waals surface area (Å²) < 4.78 is 1.10. The van der Waals surface area contributed by atoms with Gasteiger partial charge in [-0.15, -0.1) is 0 Å². The Balaban J connectivity index is 2.04. The highest BCUT2D eigenvalue weighted by molar-refractivity contribution is 9.10. The van der Waals surface area contributed by atoms with Crippen LogP contribution in [0.5, 0.6) is 0 Å². The number of fused-ring (bicyclic) bond motifs is 2. The smallest absolute Gasteiger partial charge is 0.0875 e. The summed E-state index contributed by atoms with van der Waals surface area (Å²) in [5.41, 5.74) is 6.32. The topological polar surface area (TPSA) is 0 Å². The van der Waals surface area contributed by atoms with Gasteiger partial charge in [0.05, 0.1) is 0 Å². The van der Waals surface area contributed by atoms with Gasteiger partial charge in [-0.1, -0.05) is 113 Å². The van der Waals surface area contributed by atoms with E-state index in [-0.39, 0.29) is 0 Å². The van der Waals surface area contributed by atoms with Gasteiger partial charge in [0.2, 0.25) is 0 Å². The van der Waals surface area contributed by atoms with Gasteiger partial charge in [-0.05, 0) is 55.9 Å². The van der Waals surface area contributed by atoms with E-state index in [1.807, 2.05) is 0 Å². The molecule has 0 aliphatic heterocycles. The normalized spacial score (nSPS) is 11.1. The molecule has 0 saturated carbocycles. The minimum absolute atomic E-state index is 1.10. The van der Waals surface area contributed by atoms with Crippen LogP contribution in [0, 0.1) is 0 Å². The third kappa shape index (κ3) is 3.18. The minimum Gasteiger partial charge on any atom is -0.0875 e. The van der Waals surface area contributed by atoms with Gasteiger partial charge >= 0.3 is 0 Å². The molecule has 0 atom stereocenters. The maximum atomic E-state index is 3.70. The predicted molar refractivity (Wildman–Crippen MR) is 131 cm³/mol. The summed E-state index contributed by atoms with van der Waals surface area (Å²) >= 11 is 3.70. The van der Waals surface area contributed by atoms with Crippen molar-refractivity contribution < 1.29 is 0 Å². The van der Waals surface area contributed by atoms with Crippen LogP contribution in [0.4, 0.5) is 0 Å². The molecule has 137 valence electrons. The van der Waals surface area contributed by atoms with Crippen molar-refractivity contribution in [2.45, 2.75) is 6.82 Å². The number of benzene rings is 5. The summed E-state index contributed by atoms with van der Waals surface area (Å²) in [6.45, 7) is 2.10. The molecule has 0 aliphatic rings. The first kappa shape index (κ1) is 18.2. The molecule has 5 aromatic carbocycles. The highest BCUT2D eigenvalue weighted by Crippen LogP contribution is 2.43. The van der Waals surface area contributed by atoms with Crippen LogP contribution in [0.25, 0.3) is 43.8 Å². The fourth-order valence-electron chi connectivity index (χ4n) is 4.23. The quantitative estimate of drug-likeness (QED) is 0.204. The lowest BCUT2D eigenvalue weighted by molar-refractivity contribution is 1.64. The summed E-state index contributed by atoms with van der Waals surface area (Å²) in [5.74, 6) is 0. The molecule has 0 bridgehead atoms. The van der Waals surface area contributed by atoms with Crippen molar-refractivity contribution in [2.24, 2.45) is 0 Å². The first-order valence-electron chi connectivity index (χ1n) is 9.85. The Kier molecular flexibility index (Phi) is 4.73. The second kappa shape index (κ2) is 7.53. The van der Waals surface area contributed by atoms with Gasteiger partial charge in [-0.25, -0.2) is 0 Å². The number of hydrogen-bond donors (Lipinski definition) is 0. The zero-order valence-corrected chi connectivity index (χ0v) is 17.8. The van der Waals surface area contributed by atoms with Crippen molar-refractivity contribution in [3.05, 3.63) is 102 Å². The van der Waals surface area contributed by atoms with Crippen LogP contribution in [0.15, 0.2) is 102 Å². The fraction of sp³-hybridized carbons (Fsp3) is 0.0370. The van der Waals surface area contributed by atoms with E-state index in [1.165, 1.54) is 49.3 Å². The first-order chi connectivity index (χ1) is 14.3. The molecule has 0 unspecified atom stereocenters. The third-order valence-corrected chi connectivity index (χ3v) is 6.05. The molecule has 0 spiro atoms. The van der Waals surface area contributed by atoms with Crippen molar-refractivity contribution in [1.82, 2.24) is 0 Å². The average molecular weight is 434 g/mol. The zero-order chi connectivity index (χ0) is 19.8. The van der Waals surface area contributed by atoms with Gasteiger partial charge in [0.15, 0.2) is 0 Å². The Bertz CT molecular complexity index is 1330. The molecule has 29 heavy (non-hydrogen) atoms. The standard InChI is InChI=1S/C27H19BBr/c1-28-20-12-14-22-24(16-20)26(18-8-4-2-5-9-18)23-15-13-21(29)17-25(23)27(22)19-10-6-3-7-11-19/h2-17H,1H3. The molecular formula is C27H19BBr. The highest BCUT2D eigenvalue weighted by Gasteiger charge is 2.17. The van der Waals surface area contributed by atoms with Crippen LogP contribution >= 0.6 is 15.9 Å². The monoisotopic (exact) mass is 433 g/mol. The average Bonchev–Trinajstić information content (AvgIpc) is 2.78. The van der Waals surface area contributed by atoms with E-state index in [2.05, 4.69) is 127 Å². The molecule has 0 amide bonds. The van der Waals surface area contributed by atoms with Crippen LogP contribution in [0.1, 0.15) is 0 Å². The molecule has 5 rings (SSSR count).